The van der Waals surface area contributed by atoms with Crippen LogP contribution in [0.5, 0.6) is 0 Å². The molecule has 0 heterocycles. The van der Waals surface area contributed by atoms with Gasteiger partial charge >= 0.3 is 0 Å². The monoisotopic (exact) mass is 369 g/mol. The van der Waals surface area contributed by atoms with E-state index in [1.165, 1.54) is 0 Å². The third-order valence-electron chi connectivity index (χ3n) is 3.63. The largest absolute Gasteiger partial charge is 0.342 e. The van der Waals surface area contributed by atoms with Crippen LogP contribution in [-0.2, 0) is 9.59 Å². The number of amides is 2. The third-order valence-corrected chi connectivity index (χ3v) is 4.13. The van der Waals surface area contributed by atoms with Crippen LogP contribution >= 0.6 is 15.9 Å². The smallest absolute Gasteiger partial charge is 0.241 e. The van der Waals surface area contributed by atoms with Crippen molar-refractivity contribution in [2.24, 2.45) is 0 Å². The summed E-state index contributed by atoms with van der Waals surface area (Å²) in [5.41, 5.74) is 0.731. The summed E-state index contributed by atoms with van der Waals surface area (Å²) in [6, 6.07) is 7.03. The fourth-order valence-electron chi connectivity index (χ4n) is 2.04. The predicted octanol–water partition coefficient (Wildman–Crippen LogP) is 2.58. The second-order valence-electron chi connectivity index (χ2n) is 5.16. The number of hydrogen-bond acceptors (Lipinski definition) is 3. The van der Waals surface area contributed by atoms with Gasteiger partial charge < -0.3 is 10.2 Å². The van der Waals surface area contributed by atoms with Crippen molar-refractivity contribution < 1.29 is 9.59 Å². The van der Waals surface area contributed by atoms with E-state index in [0.29, 0.717) is 13.1 Å². The van der Waals surface area contributed by atoms with E-state index in [-0.39, 0.29) is 18.4 Å². The highest BCUT2D eigenvalue weighted by Crippen LogP contribution is 2.16. The summed E-state index contributed by atoms with van der Waals surface area (Å²) in [4.78, 5) is 27.9. The number of hydrogen-bond donors (Lipinski definition) is 1. The first-order valence-electron chi connectivity index (χ1n) is 7.43. The van der Waals surface area contributed by atoms with E-state index >= 15 is 0 Å². The Labute approximate surface area is 140 Å². The van der Waals surface area contributed by atoms with Crippen molar-refractivity contribution in [3.05, 3.63) is 28.7 Å². The standard InChI is InChI=1S/C16H24BrN3O2/c1-5-20(6-2)15(21)11-19(4)12(3)16(22)18-14-9-7-8-13(17)10-14/h7-10,12H,5-6,11H2,1-4H3,(H,18,22). The van der Waals surface area contributed by atoms with Crippen molar-refractivity contribution in [2.45, 2.75) is 26.8 Å². The highest BCUT2D eigenvalue weighted by atomic mass is 79.9. The van der Waals surface area contributed by atoms with E-state index in [4.69, 9.17) is 0 Å². The Kier molecular flexibility index (Phi) is 7.55. The molecule has 0 aliphatic carbocycles. The molecule has 1 atom stereocenters. The number of likely N-dealkylation sites (N-methyl/N-ethyl adjacent to an activating group) is 2. The van der Waals surface area contributed by atoms with Crippen LogP contribution in [0, 0.1) is 0 Å². The number of halogens is 1. The summed E-state index contributed by atoms with van der Waals surface area (Å²) in [5.74, 6) is -0.0949. The zero-order chi connectivity index (χ0) is 16.7. The molecule has 22 heavy (non-hydrogen) atoms. The fourth-order valence-corrected chi connectivity index (χ4v) is 2.44. The lowest BCUT2D eigenvalue weighted by atomic mass is 10.2. The molecule has 0 bridgehead atoms. The average Bonchev–Trinajstić information content (AvgIpc) is 2.47. The molecule has 5 nitrogen and oxygen atoms in total. The van der Waals surface area contributed by atoms with Crippen LogP contribution in [0.1, 0.15) is 20.8 Å². The molecular formula is C16H24BrN3O2. The molecule has 1 aromatic carbocycles. The van der Waals surface area contributed by atoms with Gasteiger partial charge in [-0.2, -0.15) is 0 Å². The molecule has 2 amide bonds. The van der Waals surface area contributed by atoms with Gasteiger partial charge in [-0.3, -0.25) is 14.5 Å². The van der Waals surface area contributed by atoms with Gasteiger partial charge in [-0.25, -0.2) is 0 Å². The van der Waals surface area contributed by atoms with Crippen molar-refractivity contribution in [1.29, 1.82) is 0 Å². The SMILES string of the molecule is CCN(CC)C(=O)CN(C)C(C)C(=O)Nc1cccc(Br)c1. The third kappa shape index (κ3) is 5.42. The normalized spacial score (nSPS) is 12.1. The van der Waals surface area contributed by atoms with Gasteiger partial charge in [-0.15, -0.1) is 0 Å². The quantitative estimate of drug-likeness (QED) is 0.803. The van der Waals surface area contributed by atoms with Gasteiger partial charge in [0, 0.05) is 23.2 Å². The molecule has 0 aliphatic rings. The number of rotatable bonds is 7. The summed E-state index contributed by atoms with van der Waals surface area (Å²) < 4.78 is 0.906. The Morgan fingerprint density at radius 2 is 1.91 bits per heavy atom. The predicted molar refractivity (Wildman–Crippen MR) is 92.8 cm³/mol. The van der Waals surface area contributed by atoms with E-state index in [9.17, 15) is 9.59 Å². The molecule has 1 aromatic rings. The lowest BCUT2D eigenvalue weighted by molar-refractivity contribution is -0.133. The number of benzene rings is 1. The van der Waals surface area contributed by atoms with E-state index < -0.39 is 6.04 Å². The minimum atomic E-state index is -0.390. The Hall–Kier alpha value is -1.40. The molecule has 0 saturated carbocycles. The Balaban J connectivity index is 2.60. The van der Waals surface area contributed by atoms with E-state index in [2.05, 4.69) is 21.2 Å². The van der Waals surface area contributed by atoms with Gasteiger partial charge in [0.1, 0.15) is 0 Å². The van der Waals surface area contributed by atoms with Crippen LogP contribution in [0.4, 0.5) is 5.69 Å². The van der Waals surface area contributed by atoms with Gasteiger partial charge in [0.25, 0.3) is 0 Å². The first-order chi connectivity index (χ1) is 10.4. The highest BCUT2D eigenvalue weighted by molar-refractivity contribution is 9.10. The maximum absolute atomic E-state index is 12.3. The zero-order valence-corrected chi connectivity index (χ0v) is 15.2. The second kappa shape index (κ2) is 8.90. The molecule has 0 fully saturated rings. The van der Waals surface area contributed by atoms with Crippen molar-refractivity contribution >= 4 is 33.4 Å². The molecular weight excluding hydrogens is 346 g/mol. The van der Waals surface area contributed by atoms with Gasteiger partial charge in [0.2, 0.25) is 11.8 Å². The van der Waals surface area contributed by atoms with E-state index in [0.717, 1.165) is 10.2 Å². The lowest BCUT2D eigenvalue weighted by Crippen LogP contribution is -2.46. The Morgan fingerprint density at radius 3 is 2.45 bits per heavy atom. The fraction of sp³-hybridized carbons (Fsp3) is 0.500. The number of nitrogens with zero attached hydrogens (tertiary/aromatic N) is 2. The van der Waals surface area contributed by atoms with Crippen LogP contribution in [0.3, 0.4) is 0 Å². The number of anilines is 1. The highest BCUT2D eigenvalue weighted by Gasteiger charge is 2.21. The topological polar surface area (TPSA) is 52.7 Å². The Bertz CT molecular complexity index is 518. The van der Waals surface area contributed by atoms with Gasteiger partial charge in [-0.05, 0) is 46.0 Å². The van der Waals surface area contributed by atoms with Crippen molar-refractivity contribution in [2.75, 3.05) is 32.0 Å². The number of carbonyl (C=O) groups excluding carboxylic acids is 2. The van der Waals surface area contributed by atoms with Crippen LogP contribution in [0.2, 0.25) is 0 Å². The summed E-state index contributed by atoms with van der Waals surface area (Å²) in [5, 5.41) is 2.86. The minimum Gasteiger partial charge on any atom is -0.342 e. The summed E-state index contributed by atoms with van der Waals surface area (Å²) in [6.45, 7) is 7.29. The Morgan fingerprint density at radius 1 is 1.27 bits per heavy atom. The van der Waals surface area contributed by atoms with E-state index in [1.807, 2.05) is 38.1 Å². The molecule has 0 spiro atoms. The number of nitrogens with one attached hydrogen (secondary N) is 1. The summed E-state index contributed by atoms with van der Waals surface area (Å²) in [6.07, 6.45) is 0. The van der Waals surface area contributed by atoms with Crippen molar-refractivity contribution in [1.82, 2.24) is 9.80 Å². The maximum atomic E-state index is 12.3. The van der Waals surface area contributed by atoms with Gasteiger partial charge in [-0.1, -0.05) is 22.0 Å². The van der Waals surface area contributed by atoms with Crippen molar-refractivity contribution in [3.63, 3.8) is 0 Å². The molecule has 1 unspecified atom stereocenters. The van der Waals surface area contributed by atoms with Gasteiger partial charge in [0.05, 0.1) is 12.6 Å². The molecule has 122 valence electrons. The van der Waals surface area contributed by atoms with Crippen molar-refractivity contribution in [3.8, 4) is 0 Å². The first kappa shape index (κ1) is 18.6. The minimum absolute atomic E-state index is 0.0367. The molecule has 1 rings (SSSR count). The molecule has 6 heteroatoms. The van der Waals surface area contributed by atoms with Crippen LogP contribution in [-0.4, -0.2) is 54.3 Å². The molecule has 0 aromatic heterocycles. The summed E-state index contributed by atoms with van der Waals surface area (Å²) >= 11 is 3.37. The van der Waals surface area contributed by atoms with E-state index in [1.54, 1.807) is 23.8 Å². The molecule has 0 aliphatic heterocycles. The molecule has 0 radical (unpaired) electrons. The van der Waals surface area contributed by atoms with Crippen LogP contribution < -0.4 is 5.32 Å². The maximum Gasteiger partial charge on any atom is 0.241 e. The second-order valence-corrected chi connectivity index (χ2v) is 6.07. The zero-order valence-electron chi connectivity index (χ0n) is 13.6. The molecule has 1 N–H and O–H groups in total. The number of carbonyl (C=O) groups is 2. The lowest BCUT2D eigenvalue weighted by Gasteiger charge is -2.26. The van der Waals surface area contributed by atoms with Crippen LogP contribution in [0.15, 0.2) is 28.7 Å². The van der Waals surface area contributed by atoms with Crippen LogP contribution in [0.25, 0.3) is 0 Å². The summed E-state index contributed by atoms with van der Waals surface area (Å²) in [7, 11) is 1.78. The first-order valence-corrected chi connectivity index (χ1v) is 8.22. The average molecular weight is 370 g/mol. The molecule has 0 saturated heterocycles. The van der Waals surface area contributed by atoms with Gasteiger partial charge in [0.15, 0.2) is 0 Å².